The predicted molar refractivity (Wildman–Crippen MR) is 149 cm³/mol. The van der Waals surface area contributed by atoms with Crippen molar-refractivity contribution in [3.63, 3.8) is 0 Å². The van der Waals surface area contributed by atoms with Gasteiger partial charge in [0.1, 0.15) is 17.8 Å². The summed E-state index contributed by atoms with van der Waals surface area (Å²) in [6.07, 6.45) is 8.59. The average Bonchev–Trinajstić information content (AvgIpc) is 3.44. The quantitative estimate of drug-likeness (QED) is 0.469. The maximum atomic E-state index is 14.4. The summed E-state index contributed by atoms with van der Waals surface area (Å²) >= 11 is 0. The van der Waals surface area contributed by atoms with Gasteiger partial charge in [0.2, 0.25) is 17.7 Å². The average molecular weight is 540 g/mol. The molecule has 5 rings (SSSR count). The number of hydrogen-bond acceptors (Lipinski definition) is 6. The third-order valence-corrected chi connectivity index (χ3v) is 9.31. The molecule has 3 fully saturated rings. The summed E-state index contributed by atoms with van der Waals surface area (Å²) in [7, 11) is 1.78. The van der Waals surface area contributed by atoms with E-state index < -0.39 is 12.1 Å². The summed E-state index contributed by atoms with van der Waals surface area (Å²) in [6, 6.07) is 6.42. The van der Waals surface area contributed by atoms with Crippen LogP contribution < -0.4 is 20.7 Å². The second-order valence-electron chi connectivity index (χ2n) is 11.7. The molecule has 1 aromatic rings. The van der Waals surface area contributed by atoms with Gasteiger partial charge < -0.3 is 25.6 Å². The molecule has 9 heteroatoms. The van der Waals surface area contributed by atoms with E-state index in [4.69, 9.17) is 4.74 Å². The molecule has 0 aromatic heterocycles. The third kappa shape index (κ3) is 6.09. The number of benzene rings is 1. The van der Waals surface area contributed by atoms with Crippen molar-refractivity contribution in [2.75, 3.05) is 33.3 Å². The van der Waals surface area contributed by atoms with E-state index in [1.807, 2.05) is 36.1 Å². The van der Waals surface area contributed by atoms with Crippen molar-refractivity contribution >= 4 is 17.7 Å². The van der Waals surface area contributed by atoms with Crippen molar-refractivity contribution in [2.45, 2.75) is 94.9 Å². The normalized spacial score (nSPS) is 27.0. The van der Waals surface area contributed by atoms with Gasteiger partial charge in [-0.2, -0.15) is 0 Å². The fourth-order valence-electron chi connectivity index (χ4n) is 7.05. The zero-order valence-corrected chi connectivity index (χ0v) is 23.5. The number of ether oxygens (including phenoxy) is 1. The first-order valence-electron chi connectivity index (χ1n) is 15.0. The SMILES string of the molecule is CCC(NC)C(=O)NC(C(=O)N1CC2CCCN2CC1C(=O)NC1CCOc2ccccc21)C1CCCCC1. The van der Waals surface area contributed by atoms with Crippen molar-refractivity contribution in [3.05, 3.63) is 29.8 Å². The van der Waals surface area contributed by atoms with E-state index in [0.717, 1.165) is 62.8 Å². The zero-order chi connectivity index (χ0) is 27.4. The smallest absolute Gasteiger partial charge is 0.246 e. The maximum Gasteiger partial charge on any atom is 0.246 e. The van der Waals surface area contributed by atoms with Crippen LogP contribution >= 0.6 is 0 Å². The molecular formula is C30H45N5O4. The molecule has 5 unspecified atom stereocenters. The van der Waals surface area contributed by atoms with Crippen molar-refractivity contribution < 1.29 is 19.1 Å². The van der Waals surface area contributed by atoms with Gasteiger partial charge in [0.25, 0.3) is 0 Å². The van der Waals surface area contributed by atoms with Crippen LogP contribution in [0.1, 0.15) is 76.3 Å². The molecule has 5 atom stereocenters. The summed E-state index contributed by atoms with van der Waals surface area (Å²) in [5.41, 5.74) is 0.981. The summed E-state index contributed by atoms with van der Waals surface area (Å²) in [6.45, 7) is 4.53. The van der Waals surface area contributed by atoms with Crippen molar-refractivity contribution in [2.24, 2.45) is 5.92 Å². The predicted octanol–water partition coefficient (Wildman–Crippen LogP) is 2.36. The highest BCUT2D eigenvalue weighted by Crippen LogP contribution is 2.33. The highest BCUT2D eigenvalue weighted by atomic mass is 16.5. The Morgan fingerprint density at radius 2 is 1.82 bits per heavy atom. The van der Waals surface area contributed by atoms with Crippen molar-refractivity contribution in [1.29, 1.82) is 0 Å². The van der Waals surface area contributed by atoms with Gasteiger partial charge in [-0.05, 0) is 57.7 Å². The topological polar surface area (TPSA) is 103 Å². The van der Waals surface area contributed by atoms with Crippen LogP contribution in [0.4, 0.5) is 0 Å². The number of amides is 3. The van der Waals surface area contributed by atoms with Crippen LogP contribution in [0.5, 0.6) is 5.75 Å². The Bertz CT molecular complexity index is 1020. The van der Waals surface area contributed by atoms with Crippen LogP contribution in [0.3, 0.4) is 0 Å². The van der Waals surface area contributed by atoms with Gasteiger partial charge in [0, 0.05) is 31.1 Å². The van der Waals surface area contributed by atoms with Crippen LogP contribution in [0.25, 0.3) is 0 Å². The molecule has 39 heavy (non-hydrogen) atoms. The van der Waals surface area contributed by atoms with Gasteiger partial charge >= 0.3 is 0 Å². The molecule has 2 saturated heterocycles. The highest BCUT2D eigenvalue weighted by Gasteiger charge is 2.45. The molecule has 9 nitrogen and oxygen atoms in total. The molecule has 1 aliphatic carbocycles. The minimum absolute atomic E-state index is 0.0947. The lowest BCUT2D eigenvalue weighted by Crippen LogP contribution is -2.66. The van der Waals surface area contributed by atoms with Gasteiger partial charge in [0.05, 0.1) is 18.7 Å². The number of nitrogens with one attached hydrogen (secondary N) is 3. The Morgan fingerprint density at radius 3 is 2.59 bits per heavy atom. The number of piperazine rings is 1. The Kier molecular flexibility index (Phi) is 9.07. The van der Waals surface area contributed by atoms with Crippen LogP contribution in [0.15, 0.2) is 24.3 Å². The Labute approximate surface area is 232 Å². The molecule has 1 aromatic carbocycles. The molecule has 0 radical (unpaired) electrons. The summed E-state index contributed by atoms with van der Waals surface area (Å²) in [4.78, 5) is 45.7. The largest absolute Gasteiger partial charge is 0.493 e. The molecule has 214 valence electrons. The number of rotatable bonds is 8. The molecule has 3 heterocycles. The van der Waals surface area contributed by atoms with Crippen molar-refractivity contribution in [3.8, 4) is 5.75 Å². The van der Waals surface area contributed by atoms with E-state index >= 15 is 0 Å². The van der Waals surface area contributed by atoms with Crippen LogP contribution in [-0.2, 0) is 14.4 Å². The highest BCUT2D eigenvalue weighted by molar-refractivity contribution is 5.93. The molecule has 0 spiro atoms. The van der Waals surface area contributed by atoms with E-state index in [9.17, 15) is 14.4 Å². The molecular weight excluding hydrogens is 494 g/mol. The number of para-hydroxylation sites is 1. The third-order valence-electron chi connectivity index (χ3n) is 9.31. The second-order valence-corrected chi connectivity index (χ2v) is 11.7. The lowest BCUT2D eigenvalue weighted by atomic mass is 9.82. The Balaban J connectivity index is 1.39. The second kappa shape index (κ2) is 12.7. The van der Waals surface area contributed by atoms with Gasteiger partial charge in [-0.15, -0.1) is 0 Å². The lowest BCUT2D eigenvalue weighted by molar-refractivity contribution is -0.149. The van der Waals surface area contributed by atoms with Gasteiger partial charge in [-0.25, -0.2) is 0 Å². The van der Waals surface area contributed by atoms with Crippen LogP contribution in [-0.4, -0.2) is 85.0 Å². The molecule has 0 bridgehead atoms. The first-order valence-corrected chi connectivity index (χ1v) is 15.0. The number of carbonyl (C=O) groups excluding carboxylic acids is 3. The Morgan fingerprint density at radius 1 is 1.03 bits per heavy atom. The minimum Gasteiger partial charge on any atom is -0.493 e. The van der Waals surface area contributed by atoms with E-state index in [-0.39, 0.29) is 41.8 Å². The number of likely N-dealkylation sites (N-methyl/N-ethyl adjacent to an activating group) is 1. The van der Waals surface area contributed by atoms with E-state index in [1.54, 1.807) is 7.05 Å². The van der Waals surface area contributed by atoms with E-state index in [1.165, 1.54) is 0 Å². The molecule has 3 N–H and O–H groups in total. The molecule has 3 aliphatic heterocycles. The number of fused-ring (bicyclic) bond motifs is 2. The van der Waals surface area contributed by atoms with Crippen LogP contribution in [0, 0.1) is 5.92 Å². The molecule has 4 aliphatic rings. The summed E-state index contributed by atoms with van der Waals surface area (Å²) in [5.74, 6) is 0.548. The standard InChI is InChI=1S/C30H45N5O4/c1-3-23(31-2)28(36)33-27(20-10-5-4-6-11-20)30(38)35-18-21-12-9-16-34(21)19-25(35)29(37)32-24-15-17-39-26-14-8-7-13-22(24)26/h7-8,13-14,20-21,23-25,27,31H,3-6,9-12,15-19H2,1-2H3,(H,32,37)(H,33,36). The van der Waals surface area contributed by atoms with Crippen LogP contribution in [0.2, 0.25) is 0 Å². The van der Waals surface area contributed by atoms with Gasteiger partial charge in [-0.3, -0.25) is 19.3 Å². The Hall–Kier alpha value is -2.65. The molecule has 3 amide bonds. The summed E-state index contributed by atoms with van der Waals surface area (Å²) in [5, 5.41) is 9.48. The fourth-order valence-corrected chi connectivity index (χ4v) is 7.05. The minimum atomic E-state index is -0.604. The van der Waals surface area contributed by atoms with Gasteiger partial charge in [0.15, 0.2) is 0 Å². The molecule has 1 saturated carbocycles. The maximum absolute atomic E-state index is 14.4. The number of hydrogen-bond donors (Lipinski definition) is 3. The first-order chi connectivity index (χ1) is 19.0. The fraction of sp³-hybridized carbons (Fsp3) is 0.700. The van der Waals surface area contributed by atoms with Gasteiger partial charge in [-0.1, -0.05) is 44.4 Å². The van der Waals surface area contributed by atoms with E-state index in [2.05, 4.69) is 20.9 Å². The zero-order valence-electron chi connectivity index (χ0n) is 23.5. The number of nitrogens with zero attached hydrogens (tertiary/aromatic N) is 2. The van der Waals surface area contributed by atoms with Crippen molar-refractivity contribution in [1.82, 2.24) is 25.8 Å². The summed E-state index contributed by atoms with van der Waals surface area (Å²) < 4.78 is 5.80. The number of carbonyl (C=O) groups is 3. The first kappa shape index (κ1) is 27.9. The lowest BCUT2D eigenvalue weighted by Gasteiger charge is -2.45. The van der Waals surface area contributed by atoms with E-state index in [0.29, 0.717) is 32.5 Å². The monoisotopic (exact) mass is 539 g/mol.